The summed E-state index contributed by atoms with van der Waals surface area (Å²) < 4.78 is 10.6. The molecule has 1 aromatic rings. The van der Waals surface area contributed by atoms with Gasteiger partial charge in [-0.3, -0.25) is 0 Å². The average Bonchev–Trinajstić information content (AvgIpc) is 2.67. The summed E-state index contributed by atoms with van der Waals surface area (Å²) in [5, 5.41) is 3.10. The number of thioether (sulfide) groups is 1. The van der Waals surface area contributed by atoms with Gasteiger partial charge in [-0.25, -0.2) is 9.59 Å². The lowest BCUT2D eigenvalue weighted by Gasteiger charge is -2.31. The fourth-order valence-electron chi connectivity index (χ4n) is 3.15. The van der Waals surface area contributed by atoms with Gasteiger partial charge in [0.2, 0.25) is 0 Å². The molecule has 1 aromatic carbocycles. The van der Waals surface area contributed by atoms with E-state index in [1.165, 1.54) is 0 Å². The van der Waals surface area contributed by atoms with Crippen molar-refractivity contribution in [2.24, 2.45) is 0 Å². The quantitative estimate of drug-likeness (QED) is 0.417. The van der Waals surface area contributed by atoms with E-state index in [4.69, 9.17) is 21.1 Å². The fraction of sp³-hybridized carbons (Fsp3) is 0.400. The predicted octanol–water partition coefficient (Wildman–Crippen LogP) is 3.99. The fourth-order valence-corrected chi connectivity index (χ4v) is 3.99. The van der Waals surface area contributed by atoms with Gasteiger partial charge in [-0.2, -0.15) is 0 Å². The third kappa shape index (κ3) is 4.50. The molecule has 1 aliphatic heterocycles. The summed E-state index contributed by atoms with van der Waals surface area (Å²) in [6.07, 6.45) is 1.96. The molecule has 1 atom stereocenters. The first-order valence-corrected chi connectivity index (χ1v) is 10.5. The van der Waals surface area contributed by atoms with Crippen LogP contribution in [0.25, 0.3) is 0 Å². The van der Waals surface area contributed by atoms with Crippen molar-refractivity contribution < 1.29 is 19.1 Å². The van der Waals surface area contributed by atoms with E-state index in [1.54, 1.807) is 32.5 Å². The Balaban J connectivity index is 2.74. The van der Waals surface area contributed by atoms with Gasteiger partial charge in [0.1, 0.15) is 0 Å². The number of alkyl halides is 1. The highest BCUT2D eigenvalue weighted by Gasteiger charge is 2.39. The number of rotatable bonds is 7. The number of esters is 2. The molecule has 2 rings (SSSR count). The summed E-state index contributed by atoms with van der Waals surface area (Å²) in [5.74, 6) is -1.46. The van der Waals surface area contributed by atoms with Crippen LogP contribution in [0.1, 0.15) is 32.3 Å². The summed E-state index contributed by atoms with van der Waals surface area (Å²) in [6.45, 7) is 5.75. The normalized spacial score (nSPS) is 16.9. The minimum atomic E-state index is -0.609. The van der Waals surface area contributed by atoms with E-state index in [0.717, 1.165) is 10.5 Å². The lowest BCUT2D eigenvalue weighted by atomic mass is 9.80. The van der Waals surface area contributed by atoms with E-state index < -0.39 is 17.9 Å². The number of nitrogens with one attached hydrogen (secondary N) is 1. The molecule has 5 nitrogen and oxygen atoms in total. The van der Waals surface area contributed by atoms with Crippen molar-refractivity contribution in [2.45, 2.75) is 31.6 Å². The number of hydrogen-bond acceptors (Lipinski definition) is 6. The lowest BCUT2D eigenvalue weighted by molar-refractivity contribution is -0.139. The number of allylic oxidation sites excluding steroid dienone is 2. The lowest BCUT2D eigenvalue weighted by Crippen LogP contribution is -2.34. The maximum absolute atomic E-state index is 12.8. The molecule has 1 unspecified atom stereocenters. The first kappa shape index (κ1) is 21.4. The van der Waals surface area contributed by atoms with Gasteiger partial charge in [0, 0.05) is 16.3 Å². The van der Waals surface area contributed by atoms with E-state index in [2.05, 4.69) is 5.32 Å². The van der Waals surface area contributed by atoms with Crippen molar-refractivity contribution in [3.8, 4) is 0 Å². The molecule has 0 saturated carbocycles. The van der Waals surface area contributed by atoms with Crippen LogP contribution < -0.4 is 5.32 Å². The van der Waals surface area contributed by atoms with Crippen LogP contribution in [0.15, 0.2) is 51.7 Å². The standard InChI is InChI=1S/C20H24ClNO4S/c1-5-25-19(23)16-12(3)22-14(11-21)18(20(24)26-6-2)17(16)13-9-7-8-10-15(13)27-4/h7-10,17,22H,5-6,11H2,1-4H3. The molecule has 0 aromatic heterocycles. The molecule has 27 heavy (non-hydrogen) atoms. The van der Waals surface area contributed by atoms with Gasteiger partial charge in [-0.05, 0) is 38.7 Å². The summed E-state index contributed by atoms with van der Waals surface area (Å²) in [5.41, 5.74) is 2.76. The topological polar surface area (TPSA) is 64.6 Å². The first-order chi connectivity index (χ1) is 13.0. The van der Waals surface area contributed by atoms with Crippen molar-refractivity contribution >= 4 is 35.3 Å². The van der Waals surface area contributed by atoms with Crippen molar-refractivity contribution in [3.05, 3.63) is 52.4 Å². The molecule has 146 valence electrons. The van der Waals surface area contributed by atoms with E-state index in [9.17, 15) is 9.59 Å². The molecule has 0 fully saturated rings. The number of ether oxygens (including phenoxy) is 2. The Labute approximate surface area is 169 Å². The number of dihydropyridines is 1. The monoisotopic (exact) mass is 409 g/mol. The number of hydrogen-bond donors (Lipinski definition) is 1. The summed E-state index contributed by atoms with van der Waals surface area (Å²) in [4.78, 5) is 26.6. The number of carbonyl (C=O) groups excluding carboxylic acids is 2. The van der Waals surface area contributed by atoms with E-state index in [0.29, 0.717) is 22.5 Å². The second-order valence-electron chi connectivity index (χ2n) is 5.81. The Hall–Kier alpha value is -1.92. The molecule has 0 saturated heterocycles. The highest BCUT2D eigenvalue weighted by atomic mass is 35.5. The molecule has 0 amide bonds. The van der Waals surface area contributed by atoms with Gasteiger partial charge < -0.3 is 14.8 Å². The smallest absolute Gasteiger partial charge is 0.336 e. The predicted molar refractivity (Wildman–Crippen MR) is 108 cm³/mol. The summed E-state index contributed by atoms with van der Waals surface area (Å²) >= 11 is 7.68. The molecule has 1 N–H and O–H groups in total. The third-order valence-electron chi connectivity index (χ3n) is 4.22. The Morgan fingerprint density at radius 2 is 1.70 bits per heavy atom. The highest BCUT2D eigenvalue weighted by molar-refractivity contribution is 7.98. The minimum Gasteiger partial charge on any atom is -0.463 e. The number of benzene rings is 1. The summed E-state index contributed by atoms with van der Waals surface area (Å²) in [6, 6.07) is 7.69. The maximum Gasteiger partial charge on any atom is 0.336 e. The van der Waals surface area contributed by atoms with Crippen LogP contribution in [-0.4, -0.2) is 37.3 Å². The van der Waals surface area contributed by atoms with Crippen LogP contribution in [0.2, 0.25) is 0 Å². The van der Waals surface area contributed by atoms with Crippen LogP contribution in [0.4, 0.5) is 0 Å². The zero-order chi connectivity index (χ0) is 20.0. The van der Waals surface area contributed by atoms with Crippen LogP contribution >= 0.6 is 23.4 Å². The zero-order valence-electron chi connectivity index (χ0n) is 15.9. The van der Waals surface area contributed by atoms with Gasteiger partial charge in [-0.15, -0.1) is 23.4 Å². The van der Waals surface area contributed by atoms with Crippen LogP contribution in [0.5, 0.6) is 0 Å². The summed E-state index contributed by atoms with van der Waals surface area (Å²) in [7, 11) is 0. The minimum absolute atomic E-state index is 0.0968. The molecule has 1 aliphatic rings. The molecular formula is C20H24ClNO4S. The van der Waals surface area contributed by atoms with Crippen molar-refractivity contribution in [3.63, 3.8) is 0 Å². The Morgan fingerprint density at radius 1 is 1.11 bits per heavy atom. The largest absolute Gasteiger partial charge is 0.463 e. The molecule has 7 heteroatoms. The Kier molecular flexibility index (Phi) is 7.80. The van der Waals surface area contributed by atoms with E-state index >= 15 is 0 Å². The van der Waals surface area contributed by atoms with E-state index in [-0.39, 0.29) is 19.1 Å². The van der Waals surface area contributed by atoms with E-state index in [1.807, 2.05) is 30.5 Å². The Bertz CT molecular complexity index is 788. The second kappa shape index (κ2) is 9.85. The number of carbonyl (C=O) groups is 2. The van der Waals surface area contributed by atoms with Crippen LogP contribution in [0, 0.1) is 0 Å². The highest BCUT2D eigenvalue weighted by Crippen LogP contribution is 2.42. The van der Waals surface area contributed by atoms with Gasteiger partial charge >= 0.3 is 11.9 Å². The molecule has 0 radical (unpaired) electrons. The third-order valence-corrected chi connectivity index (χ3v) is 5.30. The molecule has 0 spiro atoms. The van der Waals surface area contributed by atoms with Gasteiger partial charge in [0.15, 0.2) is 0 Å². The van der Waals surface area contributed by atoms with Crippen molar-refractivity contribution in [2.75, 3.05) is 25.3 Å². The maximum atomic E-state index is 12.8. The number of halogens is 1. The SMILES string of the molecule is CCOC(=O)C1=C(C)NC(CCl)=C(C(=O)OCC)C1c1ccccc1SC. The molecular weight excluding hydrogens is 386 g/mol. The zero-order valence-corrected chi connectivity index (χ0v) is 17.5. The van der Waals surface area contributed by atoms with Gasteiger partial charge in [0.25, 0.3) is 0 Å². The van der Waals surface area contributed by atoms with Gasteiger partial charge in [0.05, 0.1) is 36.2 Å². The molecule has 0 aliphatic carbocycles. The Morgan fingerprint density at radius 3 is 2.26 bits per heavy atom. The average molecular weight is 410 g/mol. The van der Waals surface area contributed by atoms with Crippen molar-refractivity contribution in [1.29, 1.82) is 0 Å². The molecule has 1 heterocycles. The molecule has 0 bridgehead atoms. The first-order valence-electron chi connectivity index (χ1n) is 8.73. The van der Waals surface area contributed by atoms with Gasteiger partial charge in [-0.1, -0.05) is 18.2 Å². The van der Waals surface area contributed by atoms with Crippen LogP contribution in [-0.2, 0) is 19.1 Å². The van der Waals surface area contributed by atoms with Crippen molar-refractivity contribution in [1.82, 2.24) is 5.32 Å². The second-order valence-corrected chi connectivity index (χ2v) is 6.92. The van der Waals surface area contributed by atoms with Crippen LogP contribution in [0.3, 0.4) is 0 Å².